The van der Waals surface area contributed by atoms with Crippen molar-refractivity contribution >= 4 is 11.9 Å². The molecule has 2 N–H and O–H groups in total. The molecule has 2 atom stereocenters. The van der Waals surface area contributed by atoms with Crippen LogP contribution in [0.4, 0.5) is 8.78 Å². The van der Waals surface area contributed by atoms with Gasteiger partial charge in [0.15, 0.2) is 0 Å². The highest BCUT2D eigenvalue weighted by Gasteiger charge is 2.32. The maximum atomic E-state index is 13.7. The zero-order chi connectivity index (χ0) is 15.6. The van der Waals surface area contributed by atoms with Crippen LogP contribution >= 0.6 is 0 Å². The Morgan fingerprint density at radius 3 is 2.52 bits per heavy atom. The highest BCUT2D eigenvalue weighted by molar-refractivity contribution is 5.95. The van der Waals surface area contributed by atoms with E-state index in [9.17, 15) is 18.4 Å². The minimum atomic E-state index is -0.962. The molecule has 1 fully saturated rings. The maximum absolute atomic E-state index is 13.7. The third-order valence-corrected chi connectivity index (χ3v) is 3.89. The number of carbonyl (C=O) groups excluding carboxylic acids is 1. The van der Waals surface area contributed by atoms with Gasteiger partial charge < -0.3 is 10.4 Å². The number of halogens is 2. The first-order valence-corrected chi connectivity index (χ1v) is 6.89. The van der Waals surface area contributed by atoms with Crippen molar-refractivity contribution in [3.8, 4) is 0 Å². The average Bonchev–Trinajstić information content (AvgIpc) is 2.43. The lowest BCUT2D eigenvalue weighted by atomic mass is 9.84. The molecular formula is C15H17F2NO3. The Morgan fingerprint density at radius 1 is 1.19 bits per heavy atom. The fraction of sp³-hybridized carbons (Fsp3) is 0.467. The number of hydrogen-bond donors (Lipinski definition) is 2. The van der Waals surface area contributed by atoms with Crippen molar-refractivity contribution in [2.75, 3.05) is 0 Å². The standard InChI is InChI=1S/C15H17F2NO3/c1-8-6-10(12(17)7-11(8)16)14(19)18-13-5-3-2-4-9(13)15(20)21/h6-7,9,13H,2-5H2,1H3,(H,18,19)(H,20,21). The van der Waals surface area contributed by atoms with Crippen LogP contribution in [-0.4, -0.2) is 23.0 Å². The Balaban J connectivity index is 2.17. The van der Waals surface area contributed by atoms with E-state index in [4.69, 9.17) is 5.11 Å². The molecule has 0 radical (unpaired) electrons. The summed E-state index contributed by atoms with van der Waals surface area (Å²) < 4.78 is 26.9. The number of amides is 1. The summed E-state index contributed by atoms with van der Waals surface area (Å²) in [4.78, 5) is 23.3. The number of nitrogens with one attached hydrogen (secondary N) is 1. The van der Waals surface area contributed by atoms with Crippen molar-refractivity contribution in [1.82, 2.24) is 5.32 Å². The van der Waals surface area contributed by atoms with Crippen molar-refractivity contribution in [3.05, 3.63) is 34.9 Å². The van der Waals surface area contributed by atoms with E-state index in [1.807, 2.05) is 0 Å². The molecule has 0 spiro atoms. The first kappa shape index (κ1) is 15.4. The van der Waals surface area contributed by atoms with E-state index >= 15 is 0 Å². The van der Waals surface area contributed by atoms with E-state index in [1.165, 1.54) is 6.92 Å². The summed E-state index contributed by atoms with van der Waals surface area (Å²) >= 11 is 0. The Kier molecular flexibility index (Phi) is 4.55. The van der Waals surface area contributed by atoms with Gasteiger partial charge in [0.05, 0.1) is 11.5 Å². The topological polar surface area (TPSA) is 66.4 Å². The number of rotatable bonds is 3. The van der Waals surface area contributed by atoms with E-state index in [0.717, 1.165) is 18.9 Å². The maximum Gasteiger partial charge on any atom is 0.308 e. The van der Waals surface area contributed by atoms with E-state index in [0.29, 0.717) is 18.9 Å². The number of aliphatic carboxylic acids is 1. The molecule has 1 saturated carbocycles. The van der Waals surface area contributed by atoms with E-state index < -0.39 is 35.5 Å². The molecule has 0 bridgehead atoms. The summed E-state index contributed by atoms with van der Waals surface area (Å²) in [5.41, 5.74) is -0.0939. The quantitative estimate of drug-likeness (QED) is 0.901. The Labute approximate surface area is 121 Å². The summed E-state index contributed by atoms with van der Waals surface area (Å²) in [6, 6.07) is 1.28. The van der Waals surface area contributed by atoms with Gasteiger partial charge in [0.1, 0.15) is 11.6 Å². The molecule has 1 aliphatic rings. The van der Waals surface area contributed by atoms with Crippen LogP contribution < -0.4 is 5.32 Å². The van der Waals surface area contributed by atoms with Gasteiger partial charge in [-0.1, -0.05) is 12.8 Å². The van der Waals surface area contributed by atoms with Crippen LogP contribution in [0.3, 0.4) is 0 Å². The molecule has 4 nitrogen and oxygen atoms in total. The molecular weight excluding hydrogens is 280 g/mol. The van der Waals surface area contributed by atoms with Gasteiger partial charge >= 0.3 is 5.97 Å². The molecule has 1 aromatic rings. The van der Waals surface area contributed by atoms with Gasteiger partial charge in [-0.2, -0.15) is 0 Å². The van der Waals surface area contributed by atoms with Crippen LogP contribution in [0.15, 0.2) is 12.1 Å². The largest absolute Gasteiger partial charge is 0.481 e. The molecule has 1 aliphatic carbocycles. The van der Waals surface area contributed by atoms with Crippen LogP contribution in [-0.2, 0) is 4.79 Å². The van der Waals surface area contributed by atoms with E-state index in [2.05, 4.69) is 5.32 Å². The van der Waals surface area contributed by atoms with Crippen molar-refractivity contribution in [2.45, 2.75) is 38.6 Å². The predicted octanol–water partition coefficient (Wildman–Crippen LogP) is 2.65. The van der Waals surface area contributed by atoms with Crippen LogP contribution in [0.5, 0.6) is 0 Å². The molecule has 2 rings (SSSR count). The number of carboxylic acids is 1. The Bertz CT molecular complexity index is 574. The second-order valence-corrected chi connectivity index (χ2v) is 5.39. The Morgan fingerprint density at radius 2 is 1.86 bits per heavy atom. The first-order valence-electron chi connectivity index (χ1n) is 6.89. The van der Waals surface area contributed by atoms with Gasteiger partial charge in [0.2, 0.25) is 0 Å². The molecule has 1 aromatic carbocycles. The molecule has 0 heterocycles. The minimum Gasteiger partial charge on any atom is -0.481 e. The normalized spacial score (nSPS) is 21.9. The van der Waals surface area contributed by atoms with Gasteiger partial charge in [0.25, 0.3) is 5.91 Å². The third kappa shape index (κ3) is 3.37. The van der Waals surface area contributed by atoms with Crippen LogP contribution in [0, 0.1) is 24.5 Å². The number of benzene rings is 1. The van der Waals surface area contributed by atoms with Crippen LogP contribution in [0.2, 0.25) is 0 Å². The molecule has 2 unspecified atom stereocenters. The summed E-state index contributed by atoms with van der Waals surface area (Å²) in [7, 11) is 0. The summed E-state index contributed by atoms with van der Waals surface area (Å²) in [5.74, 6) is -3.99. The molecule has 0 saturated heterocycles. The lowest BCUT2D eigenvalue weighted by Gasteiger charge is -2.29. The van der Waals surface area contributed by atoms with Gasteiger partial charge in [-0.3, -0.25) is 9.59 Å². The smallest absolute Gasteiger partial charge is 0.308 e. The summed E-state index contributed by atoms with van der Waals surface area (Å²) in [6.45, 7) is 1.44. The highest BCUT2D eigenvalue weighted by atomic mass is 19.1. The molecule has 6 heteroatoms. The fourth-order valence-corrected chi connectivity index (χ4v) is 2.68. The number of carbonyl (C=O) groups is 2. The average molecular weight is 297 g/mol. The van der Waals surface area contributed by atoms with Crippen molar-refractivity contribution in [3.63, 3.8) is 0 Å². The summed E-state index contributed by atoms with van der Waals surface area (Å²) in [5, 5.41) is 11.7. The number of hydrogen-bond acceptors (Lipinski definition) is 2. The van der Waals surface area contributed by atoms with Gasteiger partial charge in [-0.25, -0.2) is 8.78 Å². The fourth-order valence-electron chi connectivity index (χ4n) is 2.68. The highest BCUT2D eigenvalue weighted by Crippen LogP contribution is 2.25. The van der Waals surface area contributed by atoms with Crippen molar-refractivity contribution in [1.29, 1.82) is 0 Å². The third-order valence-electron chi connectivity index (χ3n) is 3.89. The van der Waals surface area contributed by atoms with E-state index in [1.54, 1.807) is 0 Å². The second-order valence-electron chi connectivity index (χ2n) is 5.39. The van der Waals surface area contributed by atoms with Crippen LogP contribution in [0.1, 0.15) is 41.6 Å². The first-order chi connectivity index (χ1) is 9.90. The number of aryl methyl sites for hydroxylation is 1. The molecule has 0 aliphatic heterocycles. The zero-order valence-electron chi connectivity index (χ0n) is 11.7. The molecule has 1 amide bonds. The van der Waals surface area contributed by atoms with Gasteiger partial charge in [0, 0.05) is 12.1 Å². The summed E-state index contributed by atoms with van der Waals surface area (Å²) in [6.07, 6.45) is 2.66. The van der Waals surface area contributed by atoms with E-state index in [-0.39, 0.29) is 11.1 Å². The second kappa shape index (κ2) is 6.20. The monoisotopic (exact) mass is 297 g/mol. The zero-order valence-corrected chi connectivity index (χ0v) is 11.7. The minimum absolute atomic E-state index is 0.167. The Hall–Kier alpha value is -1.98. The van der Waals surface area contributed by atoms with Crippen molar-refractivity contribution < 1.29 is 23.5 Å². The molecule has 0 aromatic heterocycles. The van der Waals surface area contributed by atoms with Gasteiger partial charge in [-0.15, -0.1) is 0 Å². The van der Waals surface area contributed by atoms with Crippen LogP contribution in [0.25, 0.3) is 0 Å². The predicted molar refractivity (Wildman–Crippen MR) is 71.9 cm³/mol. The lowest BCUT2D eigenvalue weighted by molar-refractivity contribution is -0.143. The van der Waals surface area contributed by atoms with Crippen molar-refractivity contribution in [2.24, 2.45) is 5.92 Å². The SMILES string of the molecule is Cc1cc(C(=O)NC2CCCCC2C(=O)O)c(F)cc1F. The number of carboxylic acid groups (broad SMARTS) is 1. The molecule has 114 valence electrons. The lowest BCUT2D eigenvalue weighted by Crippen LogP contribution is -2.45. The molecule has 21 heavy (non-hydrogen) atoms. The van der Waals surface area contributed by atoms with Gasteiger partial charge in [-0.05, 0) is 31.4 Å².